The number of carbonyl (C=O) groups excluding carboxylic acids is 4. The zero-order chi connectivity index (χ0) is 51.8. The van der Waals surface area contributed by atoms with Crippen LogP contribution in [0.4, 0.5) is 5.13 Å². The molecule has 0 spiro atoms. The number of thiazole rings is 1. The number of amides is 2. The van der Waals surface area contributed by atoms with Crippen molar-refractivity contribution in [1.82, 2.24) is 30.0 Å². The van der Waals surface area contributed by atoms with Gasteiger partial charge in [-0.05, 0) is 39.5 Å². The summed E-state index contributed by atoms with van der Waals surface area (Å²) in [6.07, 6.45) is 0.540. The number of β-lactam (4-membered cyclic amide) rings is 1. The van der Waals surface area contributed by atoms with Crippen molar-refractivity contribution in [1.29, 1.82) is 0 Å². The summed E-state index contributed by atoms with van der Waals surface area (Å²) in [4.78, 5) is 92.1. The topological polar surface area (TPSA) is 216 Å². The number of benzene rings is 5. The van der Waals surface area contributed by atoms with E-state index >= 15 is 0 Å². The Morgan fingerprint density at radius 1 is 0.851 bits per heavy atom. The number of oxime groups is 1. The van der Waals surface area contributed by atoms with Gasteiger partial charge < -0.3 is 24.9 Å². The van der Waals surface area contributed by atoms with E-state index in [1.807, 2.05) is 152 Å². The van der Waals surface area contributed by atoms with Gasteiger partial charge in [-0.3, -0.25) is 33.4 Å². The molecule has 374 valence electrons. The molecule has 3 N–H and O–H groups in total. The van der Waals surface area contributed by atoms with Crippen LogP contribution in [0.25, 0.3) is 4.91 Å². The lowest BCUT2D eigenvalue weighted by Gasteiger charge is -2.49. The number of aromatic amines is 1. The summed E-state index contributed by atoms with van der Waals surface area (Å²) in [7, 11) is 1.30. The van der Waals surface area contributed by atoms with Crippen LogP contribution in [0.2, 0.25) is 0 Å². The lowest BCUT2D eigenvalue weighted by atomic mass is 9.77. The van der Waals surface area contributed by atoms with E-state index in [1.165, 1.54) is 48.1 Å². The van der Waals surface area contributed by atoms with Gasteiger partial charge in [0, 0.05) is 23.0 Å². The molecule has 74 heavy (non-hydrogen) atoms. The Hall–Kier alpha value is -8.33. The fraction of sp³-hybridized carbons (Fsp3) is 0.167. The Morgan fingerprint density at radius 3 is 1.95 bits per heavy atom. The smallest absolute Gasteiger partial charge is 0.356 e. The van der Waals surface area contributed by atoms with Gasteiger partial charge in [-0.1, -0.05) is 157 Å². The summed E-state index contributed by atoms with van der Waals surface area (Å²) >= 11 is 7.17. The maximum Gasteiger partial charge on any atom is 0.356 e. The van der Waals surface area contributed by atoms with Gasteiger partial charge in [-0.25, -0.2) is 14.9 Å². The molecule has 0 saturated carbocycles. The normalized spacial score (nSPS) is 15.7. The van der Waals surface area contributed by atoms with Gasteiger partial charge in [0.1, 0.15) is 42.1 Å². The molecular formula is C54H46N8O9S3. The second kappa shape index (κ2) is 22.6. The molecule has 0 radical (unpaired) electrons. The van der Waals surface area contributed by atoms with Gasteiger partial charge in [-0.15, -0.1) is 35.7 Å². The highest BCUT2D eigenvalue weighted by Gasteiger charge is 2.55. The lowest BCUT2D eigenvalue weighted by molar-refractivity contribution is -0.154. The molecule has 2 aliphatic rings. The van der Waals surface area contributed by atoms with Crippen LogP contribution in [0, 0.1) is 0 Å². The second-order valence-corrected chi connectivity index (χ2v) is 19.1. The van der Waals surface area contributed by atoms with E-state index in [2.05, 4.69) is 38.6 Å². The number of H-pyrrole nitrogens is 1. The molecule has 2 amide bonds. The molecular weight excluding hydrogens is 1000 g/mol. The number of anilines is 1. The summed E-state index contributed by atoms with van der Waals surface area (Å²) in [5, 5.41) is 18.2. The first kappa shape index (κ1) is 50.6. The van der Waals surface area contributed by atoms with Crippen molar-refractivity contribution in [2.45, 2.75) is 36.5 Å². The maximum atomic E-state index is 14.8. The van der Waals surface area contributed by atoms with E-state index in [4.69, 9.17) is 19.3 Å². The fourth-order valence-corrected chi connectivity index (χ4v) is 11.1. The number of nitrogens with zero attached hydrogens (tertiary/aromatic N) is 5. The van der Waals surface area contributed by atoms with E-state index in [0.717, 1.165) is 21.3 Å². The first-order valence-electron chi connectivity index (χ1n) is 23.0. The molecule has 2 aliphatic heterocycles. The van der Waals surface area contributed by atoms with Gasteiger partial charge in [0.15, 0.2) is 22.8 Å². The van der Waals surface area contributed by atoms with E-state index < -0.39 is 57.9 Å². The zero-order valence-corrected chi connectivity index (χ0v) is 42.1. The SMILES string of the molecule is CON=C(C(=O)NC1C(=O)N2C(C(=O)OC(c3ccccc3)c3ccccc3)=C(C=C(S)c3n[nH]c(=O)c(=O)n3CCOC(C)=O)CSC12)c1csc(NC(c2ccccc2)(c2ccccc2)c2ccccc2)n1. The van der Waals surface area contributed by atoms with Gasteiger partial charge in [-0.2, -0.15) is 5.10 Å². The number of fused-ring (bicyclic) bond motifs is 1. The number of allylic oxidation sites excluding steroid dienone is 1. The van der Waals surface area contributed by atoms with Crippen LogP contribution in [0.5, 0.6) is 0 Å². The Bertz CT molecular complexity index is 3270. The quantitative estimate of drug-likeness (QED) is 0.0135. The molecule has 1 fully saturated rings. The molecule has 2 unspecified atom stereocenters. The minimum absolute atomic E-state index is 0.0205. The number of aromatic nitrogens is 4. The van der Waals surface area contributed by atoms with Crippen LogP contribution in [-0.4, -0.2) is 85.0 Å². The van der Waals surface area contributed by atoms with E-state index in [9.17, 15) is 28.8 Å². The summed E-state index contributed by atoms with van der Waals surface area (Å²) in [5.41, 5.74) is 1.30. The molecule has 5 aromatic carbocycles. The number of rotatable bonds is 18. The molecule has 20 heteroatoms. The molecule has 4 heterocycles. The van der Waals surface area contributed by atoms with Gasteiger partial charge in [0.05, 0.1) is 6.54 Å². The van der Waals surface area contributed by atoms with Crippen LogP contribution in [0.15, 0.2) is 189 Å². The fourth-order valence-electron chi connectivity index (χ4n) is 8.72. The number of nitrogens with one attached hydrogen (secondary N) is 3. The maximum absolute atomic E-state index is 14.8. The molecule has 0 bridgehead atoms. The number of ether oxygens (including phenoxy) is 2. The van der Waals surface area contributed by atoms with E-state index in [1.54, 1.807) is 5.38 Å². The van der Waals surface area contributed by atoms with Crippen molar-refractivity contribution < 1.29 is 33.5 Å². The predicted molar refractivity (Wildman–Crippen MR) is 284 cm³/mol. The number of hydrogen-bond donors (Lipinski definition) is 4. The Kier molecular flexibility index (Phi) is 15.5. The summed E-state index contributed by atoms with van der Waals surface area (Å²) in [6.45, 7) is 0.711. The monoisotopic (exact) mass is 1050 g/mol. The van der Waals surface area contributed by atoms with Crippen LogP contribution in [0.1, 0.15) is 52.4 Å². The van der Waals surface area contributed by atoms with Crippen LogP contribution in [0.3, 0.4) is 0 Å². The van der Waals surface area contributed by atoms with Crippen molar-refractivity contribution >= 4 is 75.2 Å². The average molecular weight is 1050 g/mol. The minimum atomic E-state index is -1.15. The largest absolute Gasteiger partial charge is 0.464 e. The standard InChI is InChI=1S/C54H46N8O9S3/c1-33(63)70-29-28-61-46(58-59-48(65)50(61)67)41(72)30-36-31-73-51-43(49(66)62(51)44(36)52(68)71-45(34-18-8-3-9-19-34)35-20-10-4-11-21-35)56-47(64)42(60-69-2)40-32-74-53(55-40)57-54(37-22-12-5-13-23-37,38-24-14-6-15-25-38)39-26-16-7-17-27-39/h3-27,30,32,43,45,51,72H,28-29,31H2,1-2H3,(H,55,57)(H,56,64)(H,59,65). The molecule has 2 aromatic heterocycles. The van der Waals surface area contributed by atoms with Crippen LogP contribution in [-0.2, 0) is 45.6 Å². The molecule has 7 aromatic rings. The molecule has 2 atom stereocenters. The zero-order valence-electron chi connectivity index (χ0n) is 39.6. The Labute approximate surface area is 437 Å². The van der Waals surface area contributed by atoms with Crippen LogP contribution >= 0.6 is 35.7 Å². The average Bonchev–Trinajstić information content (AvgIpc) is 3.90. The third-order valence-electron chi connectivity index (χ3n) is 12.1. The van der Waals surface area contributed by atoms with Gasteiger partial charge in [0.25, 0.3) is 11.8 Å². The predicted octanol–water partition coefficient (Wildman–Crippen LogP) is 6.66. The third-order valence-corrected chi connectivity index (χ3v) is 14.5. The third kappa shape index (κ3) is 10.5. The Morgan fingerprint density at radius 2 is 1.41 bits per heavy atom. The van der Waals surface area contributed by atoms with Crippen molar-refractivity contribution in [3.05, 3.63) is 234 Å². The number of hydrogen-bond acceptors (Lipinski definition) is 16. The highest BCUT2D eigenvalue weighted by Crippen LogP contribution is 2.44. The van der Waals surface area contributed by atoms with Crippen molar-refractivity contribution in [3.63, 3.8) is 0 Å². The summed E-state index contributed by atoms with van der Waals surface area (Å²) in [5.74, 6) is -2.91. The van der Waals surface area contributed by atoms with Gasteiger partial charge >= 0.3 is 23.1 Å². The first-order valence-corrected chi connectivity index (χ1v) is 25.4. The van der Waals surface area contributed by atoms with Crippen molar-refractivity contribution in [2.24, 2.45) is 5.16 Å². The summed E-state index contributed by atoms with van der Waals surface area (Å²) in [6, 6.07) is 46.9. The van der Waals surface area contributed by atoms with E-state index in [0.29, 0.717) is 16.3 Å². The highest BCUT2D eigenvalue weighted by atomic mass is 32.2. The van der Waals surface area contributed by atoms with Crippen LogP contribution < -0.4 is 21.8 Å². The van der Waals surface area contributed by atoms with E-state index in [-0.39, 0.29) is 52.3 Å². The summed E-state index contributed by atoms with van der Waals surface area (Å²) < 4.78 is 12.3. The molecule has 0 aliphatic carbocycles. The van der Waals surface area contributed by atoms with Gasteiger partial charge in [0.2, 0.25) is 0 Å². The number of thioether (sulfide) groups is 1. The molecule has 1 saturated heterocycles. The molecule has 9 rings (SSSR count). The van der Waals surface area contributed by atoms with Crippen molar-refractivity contribution in [3.8, 4) is 0 Å². The first-order chi connectivity index (χ1) is 36.0. The number of carbonyl (C=O) groups is 4. The minimum Gasteiger partial charge on any atom is -0.464 e. The Balaban J connectivity index is 1.03. The lowest BCUT2D eigenvalue weighted by Crippen LogP contribution is -2.71. The molecule has 17 nitrogen and oxygen atoms in total. The number of thiol groups is 1. The highest BCUT2D eigenvalue weighted by molar-refractivity contribution is 8.00. The number of esters is 2. The second-order valence-electron chi connectivity index (χ2n) is 16.7. The van der Waals surface area contributed by atoms with Crippen molar-refractivity contribution in [2.75, 3.05) is 24.8 Å².